The van der Waals surface area contributed by atoms with E-state index in [9.17, 15) is 0 Å². The van der Waals surface area contributed by atoms with Crippen molar-refractivity contribution in [3.63, 3.8) is 0 Å². The Balaban J connectivity index is 1.68. The minimum atomic E-state index is 0.221. The van der Waals surface area contributed by atoms with Crippen molar-refractivity contribution in [2.24, 2.45) is 0 Å². The zero-order valence-corrected chi connectivity index (χ0v) is 13.7. The van der Waals surface area contributed by atoms with Crippen molar-refractivity contribution in [3.05, 3.63) is 73.8 Å². The summed E-state index contributed by atoms with van der Waals surface area (Å²) in [5, 5.41) is 5.75. The summed E-state index contributed by atoms with van der Waals surface area (Å²) in [7, 11) is 0. The SMILES string of the molecule is Clc1ccc(C(NCCc2cccnc2)c2cccs2)s1. The van der Waals surface area contributed by atoms with E-state index in [1.165, 1.54) is 15.3 Å². The fourth-order valence-electron chi connectivity index (χ4n) is 2.19. The molecule has 0 spiro atoms. The van der Waals surface area contributed by atoms with E-state index < -0.39 is 0 Å². The molecule has 0 aromatic carbocycles. The smallest absolute Gasteiger partial charge is 0.0931 e. The molecule has 0 saturated carbocycles. The van der Waals surface area contributed by atoms with Crippen LogP contribution in [0.4, 0.5) is 0 Å². The van der Waals surface area contributed by atoms with Crippen LogP contribution in [0.3, 0.4) is 0 Å². The zero-order valence-electron chi connectivity index (χ0n) is 11.3. The van der Waals surface area contributed by atoms with Crippen LogP contribution in [0.25, 0.3) is 0 Å². The van der Waals surface area contributed by atoms with Crippen LogP contribution in [-0.4, -0.2) is 11.5 Å². The van der Waals surface area contributed by atoms with Gasteiger partial charge in [0.05, 0.1) is 10.4 Å². The van der Waals surface area contributed by atoms with E-state index in [0.29, 0.717) is 0 Å². The van der Waals surface area contributed by atoms with E-state index in [2.05, 4.69) is 39.9 Å². The molecule has 0 aliphatic carbocycles. The second-order valence-electron chi connectivity index (χ2n) is 4.66. The number of hydrogen-bond donors (Lipinski definition) is 1. The van der Waals surface area contributed by atoms with Crippen LogP contribution in [-0.2, 0) is 6.42 Å². The third-order valence-corrected chi connectivity index (χ3v) is 5.42. The Hall–Kier alpha value is -1.20. The summed E-state index contributed by atoms with van der Waals surface area (Å²) in [6, 6.07) is 12.6. The number of aromatic nitrogens is 1. The fourth-order valence-corrected chi connectivity index (χ4v) is 4.24. The normalized spacial score (nSPS) is 12.4. The minimum Gasteiger partial charge on any atom is -0.305 e. The largest absolute Gasteiger partial charge is 0.305 e. The topological polar surface area (TPSA) is 24.9 Å². The van der Waals surface area contributed by atoms with Crippen LogP contribution >= 0.6 is 34.3 Å². The van der Waals surface area contributed by atoms with E-state index in [1.54, 1.807) is 28.9 Å². The van der Waals surface area contributed by atoms with Gasteiger partial charge >= 0.3 is 0 Å². The van der Waals surface area contributed by atoms with E-state index in [0.717, 1.165) is 17.3 Å². The fraction of sp³-hybridized carbons (Fsp3) is 0.188. The predicted molar refractivity (Wildman–Crippen MR) is 91.4 cm³/mol. The van der Waals surface area contributed by atoms with Crippen molar-refractivity contribution in [3.8, 4) is 0 Å². The third-order valence-electron chi connectivity index (χ3n) is 3.19. The second kappa shape index (κ2) is 7.18. The summed E-state index contributed by atoms with van der Waals surface area (Å²) in [6.45, 7) is 0.907. The molecular weight excluding hydrogens is 320 g/mol. The van der Waals surface area contributed by atoms with E-state index in [-0.39, 0.29) is 6.04 Å². The number of halogens is 1. The average molecular weight is 335 g/mol. The first-order chi connectivity index (χ1) is 10.3. The maximum Gasteiger partial charge on any atom is 0.0931 e. The van der Waals surface area contributed by atoms with Crippen molar-refractivity contribution in [1.29, 1.82) is 0 Å². The summed E-state index contributed by atoms with van der Waals surface area (Å²) in [5.74, 6) is 0. The molecule has 0 aliphatic rings. The number of thiophene rings is 2. The molecule has 21 heavy (non-hydrogen) atoms. The highest BCUT2D eigenvalue weighted by Gasteiger charge is 2.16. The maximum atomic E-state index is 6.08. The molecule has 1 N–H and O–H groups in total. The van der Waals surface area contributed by atoms with Crippen LogP contribution in [0.15, 0.2) is 54.2 Å². The Kier molecular flexibility index (Phi) is 5.04. The minimum absolute atomic E-state index is 0.221. The predicted octanol–water partition coefficient (Wildman–Crippen LogP) is 4.78. The Morgan fingerprint density at radius 3 is 2.76 bits per heavy atom. The number of nitrogens with one attached hydrogen (secondary N) is 1. The van der Waals surface area contributed by atoms with Crippen LogP contribution < -0.4 is 5.32 Å². The van der Waals surface area contributed by atoms with Gasteiger partial charge in [-0.25, -0.2) is 0 Å². The molecule has 0 fully saturated rings. The lowest BCUT2D eigenvalue weighted by Crippen LogP contribution is -2.23. The third kappa shape index (κ3) is 3.92. The van der Waals surface area contributed by atoms with Gasteiger partial charge in [-0.2, -0.15) is 0 Å². The molecule has 0 bridgehead atoms. The van der Waals surface area contributed by atoms with E-state index >= 15 is 0 Å². The van der Waals surface area contributed by atoms with Gasteiger partial charge < -0.3 is 5.32 Å². The van der Waals surface area contributed by atoms with Crippen molar-refractivity contribution in [2.45, 2.75) is 12.5 Å². The Bertz CT molecular complexity index is 665. The lowest BCUT2D eigenvalue weighted by atomic mass is 10.1. The molecule has 3 aromatic heterocycles. The Morgan fingerprint density at radius 1 is 1.14 bits per heavy atom. The molecule has 2 nitrogen and oxygen atoms in total. The van der Waals surface area contributed by atoms with Gasteiger partial charge in [0.2, 0.25) is 0 Å². The first-order valence-electron chi connectivity index (χ1n) is 6.74. The van der Waals surface area contributed by atoms with Crippen LogP contribution in [0.1, 0.15) is 21.4 Å². The number of rotatable bonds is 6. The maximum absolute atomic E-state index is 6.08. The highest BCUT2D eigenvalue weighted by atomic mass is 35.5. The summed E-state index contributed by atoms with van der Waals surface area (Å²) >= 11 is 9.49. The first-order valence-corrected chi connectivity index (χ1v) is 8.81. The molecular formula is C16H15ClN2S2. The van der Waals surface area contributed by atoms with Gasteiger partial charge in [-0.15, -0.1) is 22.7 Å². The van der Waals surface area contributed by atoms with Crippen LogP contribution in [0, 0.1) is 0 Å². The second-order valence-corrected chi connectivity index (χ2v) is 7.38. The van der Waals surface area contributed by atoms with Crippen molar-refractivity contribution in [1.82, 2.24) is 10.3 Å². The number of pyridine rings is 1. The lowest BCUT2D eigenvalue weighted by Gasteiger charge is -2.16. The number of hydrogen-bond acceptors (Lipinski definition) is 4. The Labute approximate surface area is 137 Å². The van der Waals surface area contributed by atoms with Gasteiger partial charge in [-0.3, -0.25) is 4.98 Å². The molecule has 1 unspecified atom stereocenters. The summed E-state index contributed by atoms with van der Waals surface area (Å²) in [4.78, 5) is 6.73. The molecule has 108 valence electrons. The van der Waals surface area contributed by atoms with Crippen molar-refractivity contribution < 1.29 is 0 Å². The first kappa shape index (κ1) is 14.7. The molecule has 3 heterocycles. The summed E-state index contributed by atoms with van der Waals surface area (Å²) < 4.78 is 0.834. The molecule has 0 amide bonds. The average Bonchev–Trinajstić information content (AvgIpc) is 3.16. The zero-order chi connectivity index (χ0) is 14.5. The summed E-state index contributed by atoms with van der Waals surface area (Å²) in [5.41, 5.74) is 1.25. The molecule has 0 aliphatic heterocycles. The summed E-state index contributed by atoms with van der Waals surface area (Å²) in [6.07, 6.45) is 4.69. The standard InChI is InChI=1S/C16H15ClN2S2/c17-15-6-5-14(21-15)16(13-4-2-10-20-13)19-9-7-12-3-1-8-18-11-12/h1-6,8,10-11,16,19H,7,9H2. The molecule has 3 aromatic rings. The number of nitrogens with zero attached hydrogens (tertiary/aromatic N) is 1. The molecule has 0 radical (unpaired) electrons. The van der Waals surface area contributed by atoms with Gasteiger partial charge in [0, 0.05) is 28.7 Å². The van der Waals surface area contributed by atoms with Gasteiger partial charge in [0.25, 0.3) is 0 Å². The molecule has 3 rings (SSSR count). The molecule has 1 atom stereocenters. The van der Waals surface area contributed by atoms with Gasteiger partial charge in [-0.1, -0.05) is 23.7 Å². The van der Waals surface area contributed by atoms with Crippen molar-refractivity contribution in [2.75, 3.05) is 6.54 Å². The molecule has 5 heteroatoms. The van der Waals surface area contributed by atoms with Gasteiger partial charge in [0.1, 0.15) is 0 Å². The van der Waals surface area contributed by atoms with Crippen molar-refractivity contribution >= 4 is 34.3 Å². The highest BCUT2D eigenvalue weighted by Crippen LogP contribution is 2.32. The highest BCUT2D eigenvalue weighted by molar-refractivity contribution is 7.16. The Morgan fingerprint density at radius 2 is 2.10 bits per heavy atom. The van der Waals surface area contributed by atoms with Crippen LogP contribution in [0.5, 0.6) is 0 Å². The molecule has 0 saturated heterocycles. The quantitative estimate of drug-likeness (QED) is 0.701. The van der Waals surface area contributed by atoms with Crippen LogP contribution in [0.2, 0.25) is 4.34 Å². The van der Waals surface area contributed by atoms with Gasteiger partial charge in [0.15, 0.2) is 0 Å². The lowest BCUT2D eigenvalue weighted by molar-refractivity contribution is 0.620. The van der Waals surface area contributed by atoms with E-state index in [1.807, 2.05) is 18.3 Å². The van der Waals surface area contributed by atoms with Gasteiger partial charge in [-0.05, 0) is 41.6 Å². The monoisotopic (exact) mass is 334 g/mol. The van der Waals surface area contributed by atoms with E-state index in [4.69, 9.17) is 11.6 Å².